The maximum absolute atomic E-state index is 13.2. The van der Waals surface area contributed by atoms with Gasteiger partial charge in [-0.3, -0.25) is 4.79 Å². The van der Waals surface area contributed by atoms with E-state index in [0.29, 0.717) is 38.1 Å². The average Bonchev–Trinajstić information content (AvgIpc) is 3.32. The molecule has 37 heavy (non-hydrogen) atoms. The number of piperidine rings is 1. The van der Waals surface area contributed by atoms with Crippen LogP contribution in [0.1, 0.15) is 97.5 Å². The molecule has 0 unspecified atom stereocenters. The molecule has 1 amide bonds. The first-order valence-electron chi connectivity index (χ1n) is 13.4. The van der Waals surface area contributed by atoms with Crippen LogP contribution in [0.3, 0.4) is 0 Å². The van der Waals surface area contributed by atoms with Crippen LogP contribution >= 0.6 is 15.9 Å². The summed E-state index contributed by atoms with van der Waals surface area (Å²) in [7, 11) is 0. The zero-order valence-corrected chi connectivity index (χ0v) is 24.2. The van der Waals surface area contributed by atoms with Crippen molar-refractivity contribution >= 4 is 21.8 Å². The molecule has 3 aromatic rings. The zero-order valence-electron chi connectivity index (χ0n) is 22.7. The van der Waals surface area contributed by atoms with E-state index in [1.165, 1.54) is 35.1 Å². The molecule has 2 heterocycles. The van der Waals surface area contributed by atoms with E-state index in [1.807, 2.05) is 30.3 Å². The molecule has 0 radical (unpaired) electrons. The van der Waals surface area contributed by atoms with Gasteiger partial charge in [0.2, 0.25) is 0 Å². The molecule has 2 aliphatic rings. The summed E-state index contributed by atoms with van der Waals surface area (Å²) < 4.78 is 7.07. The minimum absolute atomic E-state index is 0.103. The molecule has 1 aliphatic heterocycles. The maximum Gasteiger partial charge on any atom is 0.289 e. The Morgan fingerprint density at radius 3 is 2.14 bits per heavy atom. The number of amides is 1. The van der Waals surface area contributed by atoms with E-state index in [1.54, 1.807) is 11.0 Å². The monoisotopic (exact) mass is 563 g/mol. The molecular weight excluding hydrogens is 526 g/mol. The minimum atomic E-state index is -0.905. The number of furan rings is 1. The number of halogens is 1. The molecule has 1 N–H and O–H groups in total. The second kappa shape index (κ2) is 9.43. The van der Waals surface area contributed by atoms with E-state index in [9.17, 15) is 9.90 Å². The van der Waals surface area contributed by atoms with Gasteiger partial charge in [0.25, 0.3) is 5.91 Å². The van der Waals surface area contributed by atoms with Crippen molar-refractivity contribution in [3.63, 3.8) is 0 Å². The van der Waals surface area contributed by atoms with Gasteiger partial charge >= 0.3 is 0 Å². The fraction of sp³-hybridized carbons (Fsp3) is 0.469. The lowest BCUT2D eigenvalue weighted by Gasteiger charge is -2.42. The molecule has 0 bridgehead atoms. The summed E-state index contributed by atoms with van der Waals surface area (Å²) >= 11 is 3.45. The Hall–Kier alpha value is -2.37. The number of carbonyl (C=O) groups is 1. The van der Waals surface area contributed by atoms with Crippen LogP contribution in [0.25, 0.3) is 0 Å². The van der Waals surface area contributed by atoms with Gasteiger partial charge < -0.3 is 14.4 Å². The molecule has 0 saturated carbocycles. The van der Waals surface area contributed by atoms with E-state index in [4.69, 9.17) is 4.42 Å². The topological polar surface area (TPSA) is 53.7 Å². The standard InChI is InChI=1S/C32H38BrNO3/c1-21-18-26-27(31(4,5)13-12-30(26,2)3)20-22(21)19-25-10-11-28(37-25)29(35)34-16-14-32(36,15-17-34)23-6-8-24(33)9-7-23/h6-11,18,20,36H,12-17,19H2,1-5H3. The lowest BCUT2D eigenvalue weighted by atomic mass is 9.62. The first kappa shape index (κ1) is 26.2. The van der Waals surface area contributed by atoms with Crippen LogP contribution in [0.15, 0.2) is 57.4 Å². The number of hydrogen-bond acceptors (Lipinski definition) is 3. The second-order valence-corrected chi connectivity index (χ2v) is 13.3. The molecule has 4 nitrogen and oxygen atoms in total. The molecule has 5 heteroatoms. The van der Waals surface area contributed by atoms with Crippen LogP contribution in [0.4, 0.5) is 0 Å². The van der Waals surface area contributed by atoms with Gasteiger partial charge in [0.05, 0.1) is 5.60 Å². The predicted octanol–water partition coefficient (Wildman–Crippen LogP) is 7.41. The van der Waals surface area contributed by atoms with E-state index in [2.05, 4.69) is 62.7 Å². The summed E-state index contributed by atoms with van der Waals surface area (Å²) in [5.74, 6) is 1.08. The van der Waals surface area contributed by atoms with Crippen molar-refractivity contribution in [1.29, 1.82) is 0 Å². The van der Waals surface area contributed by atoms with E-state index in [0.717, 1.165) is 15.8 Å². The van der Waals surface area contributed by atoms with Crippen LogP contribution in [0, 0.1) is 6.92 Å². The number of aryl methyl sites for hydroxylation is 1. The average molecular weight is 565 g/mol. The molecule has 1 aliphatic carbocycles. The van der Waals surface area contributed by atoms with E-state index >= 15 is 0 Å². The summed E-state index contributed by atoms with van der Waals surface area (Å²) in [5.41, 5.74) is 5.79. The van der Waals surface area contributed by atoms with Crippen molar-refractivity contribution in [3.05, 3.63) is 92.3 Å². The van der Waals surface area contributed by atoms with Crippen molar-refractivity contribution in [2.24, 2.45) is 0 Å². The summed E-state index contributed by atoms with van der Waals surface area (Å²) in [6.45, 7) is 12.6. The minimum Gasteiger partial charge on any atom is -0.456 e. The quantitative estimate of drug-likeness (QED) is 0.359. The number of aliphatic hydroxyl groups is 1. The molecule has 1 fully saturated rings. The fourth-order valence-corrected chi connectivity index (χ4v) is 6.28. The van der Waals surface area contributed by atoms with Crippen LogP contribution < -0.4 is 0 Å². The molecular formula is C32H38BrNO3. The van der Waals surface area contributed by atoms with Crippen molar-refractivity contribution in [2.75, 3.05) is 13.1 Å². The number of nitrogens with zero attached hydrogens (tertiary/aromatic N) is 1. The molecule has 5 rings (SSSR count). The van der Waals surface area contributed by atoms with Crippen LogP contribution in [0.5, 0.6) is 0 Å². The molecule has 0 atom stereocenters. The second-order valence-electron chi connectivity index (χ2n) is 12.4. The van der Waals surface area contributed by atoms with Crippen LogP contribution in [-0.2, 0) is 22.9 Å². The summed E-state index contributed by atoms with van der Waals surface area (Å²) in [5, 5.41) is 11.2. The third kappa shape index (κ3) is 5.05. The number of carbonyl (C=O) groups excluding carboxylic acids is 1. The highest BCUT2D eigenvalue weighted by molar-refractivity contribution is 9.10. The SMILES string of the molecule is Cc1cc2c(cc1Cc1ccc(C(=O)N3CCC(O)(c4ccc(Br)cc4)CC3)o1)C(C)(C)CCC2(C)C. The Bertz CT molecular complexity index is 1310. The number of benzene rings is 2. The zero-order chi connectivity index (χ0) is 26.6. The third-order valence-electron chi connectivity index (χ3n) is 8.81. The van der Waals surface area contributed by atoms with Gasteiger partial charge in [-0.25, -0.2) is 0 Å². The van der Waals surface area contributed by atoms with Gasteiger partial charge in [-0.1, -0.05) is 67.9 Å². The normalized spacial score (nSPS) is 19.9. The summed E-state index contributed by atoms with van der Waals surface area (Å²) in [6.07, 6.45) is 4.07. The number of hydrogen-bond donors (Lipinski definition) is 1. The first-order valence-corrected chi connectivity index (χ1v) is 14.2. The van der Waals surface area contributed by atoms with Gasteiger partial charge in [-0.15, -0.1) is 0 Å². The Balaban J connectivity index is 1.29. The highest BCUT2D eigenvalue weighted by Gasteiger charge is 2.38. The van der Waals surface area contributed by atoms with Gasteiger partial charge in [0, 0.05) is 24.0 Å². The summed E-state index contributed by atoms with van der Waals surface area (Å²) in [6, 6.07) is 16.3. The summed E-state index contributed by atoms with van der Waals surface area (Å²) in [4.78, 5) is 15.0. The molecule has 196 valence electrons. The smallest absolute Gasteiger partial charge is 0.289 e. The number of rotatable bonds is 4. The molecule has 0 spiro atoms. The number of fused-ring (bicyclic) bond motifs is 1. The predicted molar refractivity (Wildman–Crippen MR) is 151 cm³/mol. The number of likely N-dealkylation sites (tertiary alicyclic amines) is 1. The van der Waals surface area contributed by atoms with Crippen LogP contribution in [0.2, 0.25) is 0 Å². The third-order valence-corrected chi connectivity index (χ3v) is 9.33. The van der Waals surface area contributed by atoms with E-state index in [-0.39, 0.29) is 16.7 Å². The van der Waals surface area contributed by atoms with Gasteiger partial charge in [0.1, 0.15) is 5.76 Å². The van der Waals surface area contributed by atoms with Gasteiger partial charge in [0.15, 0.2) is 5.76 Å². The molecule has 2 aromatic carbocycles. The largest absolute Gasteiger partial charge is 0.456 e. The molecule has 1 saturated heterocycles. The van der Waals surface area contributed by atoms with Gasteiger partial charge in [-0.2, -0.15) is 0 Å². The van der Waals surface area contributed by atoms with Crippen LogP contribution in [-0.4, -0.2) is 29.0 Å². The first-order chi connectivity index (χ1) is 17.4. The highest BCUT2D eigenvalue weighted by Crippen LogP contribution is 2.46. The lowest BCUT2D eigenvalue weighted by Crippen LogP contribution is -2.45. The van der Waals surface area contributed by atoms with Crippen molar-refractivity contribution in [1.82, 2.24) is 4.90 Å². The Morgan fingerprint density at radius 1 is 0.919 bits per heavy atom. The Labute approximate surface area is 229 Å². The Morgan fingerprint density at radius 2 is 1.51 bits per heavy atom. The highest BCUT2D eigenvalue weighted by atomic mass is 79.9. The maximum atomic E-state index is 13.2. The van der Waals surface area contributed by atoms with Crippen molar-refractivity contribution < 1.29 is 14.3 Å². The van der Waals surface area contributed by atoms with Crippen molar-refractivity contribution in [2.45, 2.75) is 83.2 Å². The van der Waals surface area contributed by atoms with Crippen molar-refractivity contribution in [3.8, 4) is 0 Å². The lowest BCUT2D eigenvalue weighted by molar-refractivity contribution is -0.0218. The van der Waals surface area contributed by atoms with E-state index < -0.39 is 5.60 Å². The molecule has 1 aromatic heterocycles. The fourth-order valence-electron chi connectivity index (χ4n) is 6.02. The Kier molecular flexibility index (Phi) is 6.69. The van der Waals surface area contributed by atoms with Gasteiger partial charge in [-0.05, 0) is 95.5 Å².